The number of esters is 2. The monoisotopic (exact) mass is 564 g/mol. The van der Waals surface area contributed by atoms with Crippen molar-refractivity contribution >= 4 is 22.9 Å². The molecule has 1 N–H and O–H groups in total. The molecule has 40 heavy (non-hydrogen) atoms. The molecule has 0 radical (unpaired) electrons. The molecule has 0 aliphatic heterocycles. The zero-order valence-corrected chi connectivity index (χ0v) is 20.3. The quantitative estimate of drug-likeness (QED) is 0.119. The van der Waals surface area contributed by atoms with Gasteiger partial charge in [-0.1, -0.05) is 0 Å². The molecule has 1 aromatic heterocycles. The average Bonchev–Trinajstić information content (AvgIpc) is 2.90. The Balaban J connectivity index is 1.62. The molecular weight excluding hydrogens is 544 g/mol. The minimum atomic E-state index is -1.03. The molecule has 17 heteroatoms. The van der Waals surface area contributed by atoms with Gasteiger partial charge in [0.2, 0.25) is 0 Å². The van der Waals surface area contributed by atoms with Crippen molar-refractivity contribution in [3.63, 3.8) is 0 Å². The maximum atomic E-state index is 12.6. The van der Waals surface area contributed by atoms with E-state index in [2.05, 4.69) is 9.68 Å². The van der Waals surface area contributed by atoms with Gasteiger partial charge in [0.1, 0.15) is 60.4 Å². The Morgan fingerprint density at radius 1 is 0.800 bits per heavy atom. The molecular formula is C23H20N2O15. The maximum absolute atomic E-state index is 12.6. The van der Waals surface area contributed by atoms with E-state index in [1.807, 2.05) is 0 Å². The first kappa shape index (κ1) is 29.0. The van der Waals surface area contributed by atoms with Crippen LogP contribution in [0.5, 0.6) is 17.2 Å². The summed E-state index contributed by atoms with van der Waals surface area (Å²) in [4.78, 5) is 64.1. The molecule has 0 saturated heterocycles. The number of carbonyl (C=O) groups excluding carboxylic acids is 2. The van der Waals surface area contributed by atoms with Gasteiger partial charge in [-0.15, -0.1) is 20.2 Å². The molecule has 0 atom stereocenters. The lowest BCUT2D eigenvalue weighted by atomic mass is 10.1. The van der Waals surface area contributed by atoms with E-state index in [1.165, 1.54) is 30.3 Å². The Morgan fingerprint density at radius 3 is 1.90 bits per heavy atom. The lowest BCUT2D eigenvalue weighted by molar-refractivity contribution is -0.757. The third-order valence-electron chi connectivity index (χ3n) is 4.72. The summed E-state index contributed by atoms with van der Waals surface area (Å²) >= 11 is 0. The van der Waals surface area contributed by atoms with E-state index in [9.17, 15) is 39.7 Å². The van der Waals surface area contributed by atoms with Gasteiger partial charge in [0.25, 0.3) is 10.2 Å². The summed E-state index contributed by atoms with van der Waals surface area (Å²) in [5.41, 5.74) is -0.166. The smallest absolute Gasteiger partial charge is 0.344 e. The van der Waals surface area contributed by atoms with Gasteiger partial charge in [0.15, 0.2) is 18.6 Å². The van der Waals surface area contributed by atoms with Crippen molar-refractivity contribution in [3.05, 3.63) is 72.9 Å². The van der Waals surface area contributed by atoms with Crippen molar-refractivity contribution in [1.82, 2.24) is 0 Å². The fourth-order valence-corrected chi connectivity index (χ4v) is 3.09. The standard InChI is InChI=1S/C23H20N2O15/c26-17-9-16(37-13-22(29)35-6-8-39-25(32)33)10-20-23(17)18(27)11-19(40-20)14-1-3-15(4-2-14)36-12-21(28)34-5-7-38-24(30)31/h1-4,9-11,26H,5-8,12-13H2. The Hall–Kier alpha value is -5.61. The summed E-state index contributed by atoms with van der Waals surface area (Å²) < 4.78 is 25.7. The minimum absolute atomic E-state index is 0.0237. The van der Waals surface area contributed by atoms with Gasteiger partial charge in [0.05, 0.1) is 0 Å². The van der Waals surface area contributed by atoms with Gasteiger partial charge in [-0.3, -0.25) is 4.79 Å². The molecule has 0 fully saturated rings. The Kier molecular flexibility index (Phi) is 9.99. The van der Waals surface area contributed by atoms with Crippen LogP contribution in [0.3, 0.4) is 0 Å². The van der Waals surface area contributed by atoms with Crippen LogP contribution < -0.4 is 14.9 Å². The summed E-state index contributed by atoms with van der Waals surface area (Å²) in [6, 6.07) is 9.59. The van der Waals surface area contributed by atoms with Crippen molar-refractivity contribution in [2.45, 2.75) is 0 Å². The number of phenols is 1. The second-order valence-corrected chi connectivity index (χ2v) is 7.45. The number of fused-ring (bicyclic) bond motifs is 1. The van der Waals surface area contributed by atoms with E-state index < -0.39 is 59.7 Å². The fraction of sp³-hybridized carbons (Fsp3) is 0.261. The first-order valence-electron chi connectivity index (χ1n) is 11.1. The van der Waals surface area contributed by atoms with E-state index in [0.29, 0.717) is 5.56 Å². The predicted molar refractivity (Wildman–Crippen MR) is 128 cm³/mol. The van der Waals surface area contributed by atoms with Crippen LogP contribution in [0.15, 0.2) is 51.7 Å². The summed E-state index contributed by atoms with van der Waals surface area (Å²) in [6.45, 7) is -2.63. The molecule has 0 amide bonds. The van der Waals surface area contributed by atoms with Crippen LogP contribution in [0, 0.1) is 20.2 Å². The molecule has 3 aromatic rings. The van der Waals surface area contributed by atoms with Gasteiger partial charge in [-0.05, 0) is 24.3 Å². The number of hydrogen-bond acceptors (Lipinski definition) is 15. The number of carbonyl (C=O) groups is 2. The highest BCUT2D eigenvalue weighted by atomic mass is 17.0. The summed E-state index contributed by atoms with van der Waals surface area (Å²) in [5.74, 6) is -1.72. The molecule has 0 bridgehead atoms. The minimum Gasteiger partial charge on any atom is -0.507 e. The van der Waals surface area contributed by atoms with Crippen LogP contribution in [0.1, 0.15) is 0 Å². The molecule has 0 aliphatic carbocycles. The molecule has 0 unspecified atom stereocenters. The number of nitrogens with zero attached hydrogens (tertiary/aromatic N) is 2. The SMILES string of the molecule is O=C(COc1ccc(-c2cc(=O)c3c(O)cc(OCC(=O)OCCO[N+](=O)[O-])cc3o2)cc1)OCCO[N+](=O)[O-]. The topological polar surface area (TPSA) is 226 Å². The number of rotatable bonds is 15. The maximum Gasteiger partial charge on any atom is 0.344 e. The highest BCUT2D eigenvalue weighted by molar-refractivity contribution is 5.86. The van der Waals surface area contributed by atoms with Crippen molar-refractivity contribution in [3.8, 4) is 28.6 Å². The first-order chi connectivity index (χ1) is 19.1. The fourth-order valence-electron chi connectivity index (χ4n) is 3.09. The van der Waals surface area contributed by atoms with Crippen LogP contribution in [0.25, 0.3) is 22.3 Å². The molecule has 0 saturated carbocycles. The molecule has 17 nitrogen and oxygen atoms in total. The molecule has 3 rings (SSSR count). The van der Waals surface area contributed by atoms with Crippen LogP contribution in [-0.4, -0.2) is 66.9 Å². The van der Waals surface area contributed by atoms with Gasteiger partial charge in [0, 0.05) is 23.8 Å². The van der Waals surface area contributed by atoms with Crippen molar-refractivity contribution in [2.75, 3.05) is 39.6 Å². The van der Waals surface area contributed by atoms with E-state index >= 15 is 0 Å². The number of benzene rings is 2. The molecule has 0 spiro atoms. The second kappa shape index (κ2) is 13.8. The third-order valence-corrected chi connectivity index (χ3v) is 4.72. The Morgan fingerprint density at radius 2 is 1.35 bits per heavy atom. The summed E-state index contributed by atoms with van der Waals surface area (Å²) in [6.07, 6.45) is 0. The lowest BCUT2D eigenvalue weighted by Gasteiger charge is -2.10. The third kappa shape index (κ3) is 8.75. The van der Waals surface area contributed by atoms with Gasteiger partial charge in [-0.2, -0.15) is 0 Å². The summed E-state index contributed by atoms with van der Waals surface area (Å²) in [5, 5.41) is 28.2. The van der Waals surface area contributed by atoms with Crippen molar-refractivity contribution in [2.24, 2.45) is 0 Å². The summed E-state index contributed by atoms with van der Waals surface area (Å²) in [7, 11) is 0. The zero-order chi connectivity index (χ0) is 29.1. The molecule has 2 aromatic carbocycles. The highest BCUT2D eigenvalue weighted by Crippen LogP contribution is 2.31. The largest absolute Gasteiger partial charge is 0.507 e. The van der Waals surface area contributed by atoms with Crippen molar-refractivity contribution < 1.29 is 57.9 Å². The van der Waals surface area contributed by atoms with Gasteiger partial charge < -0.3 is 38.1 Å². The molecule has 212 valence electrons. The first-order valence-corrected chi connectivity index (χ1v) is 11.1. The number of phenolic OH excluding ortho intramolecular Hbond substituents is 1. The average molecular weight is 564 g/mol. The van der Waals surface area contributed by atoms with Crippen LogP contribution in [0.4, 0.5) is 0 Å². The number of aromatic hydroxyl groups is 1. The normalized spacial score (nSPS) is 10.4. The Bertz CT molecular complexity index is 1430. The second-order valence-electron chi connectivity index (χ2n) is 7.45. The van der Waals surface area contributed by atoms with Crippen molar-refractivity contribution in [1.29, 1.82) is 0 Å². The van der Waals surface area contributed by atoms with E-state index in [-0.39, 0.29) is 41.4 Å². The molecule has 0 aliphatic rings. The lowest BCUT2D eigenvalue weighted by Crippen LogP contribution is -2.18. The van der Waals surface area contributed by atoms with E-state index in [1.54, 1.807) is 0 Å². The van der Waals surface area contributed by atoms with E-state index in [4.69, 9.17) is 23.4 Å². The van der Waals surface area contributed by atoms with Crippen LogP contribution in [0.2, 0.25) is 0 Å². The zero-order valence-electron chi connectivity index (χ0n) is 20.3. The predicted octanol–water partition coefficient (Wildman–Crippen LogP) is 1.43. The van der Waals surface area contributed by atoms with Gasteiger partial charge in [-0.25, -0.2) is 9.59 Å². The Labute approximate surface area is 222 Å². The number of hydrogen-bond donors (Lipinski definition) is 1. The highest BCUT2D eigenvalue weighted by Gasteiger charge is 2.15. The van der Waals surface area contributed by atoms with E-state index in [0.717, 1.165) is 12.1 Å². The van der Waals surface area contributed by atoms with Crippen LogP contribution >= 0.6 is 0 Å². The van der Waals surface area contributed by atoms with Crippen LogP contribution in [-0.2, 0) is 28.7 Å². The number of ether oxygens (including phenoxy) is 4. The van der Waals surface area contributed by atoms with Gasteiger partial charge >= 0.3 is 11.9 Å². The molecule has 1 heterocycles.